The molecule has 3 nitrogen and oxygen atoms in total. The highest BCUT2D eigenvalue weighted by atomic mass is 35.5. The van der Waals surface area contributed by atoms with Crippen LogP contribution in [0.3, 0.4) is 0 Å². The number of hydrogen-bond donors (Lipinski definition) is 1. The fraction of sp³-hybridized carbons (Fsp3) is 0.385. The van der Waals surface area contributed by atoms with E-state index in [4.69, 9.17) is 16.6 Å². The molecule has 2 fully saturated rings. The third-order valence-corrected chi connectivity index (χ3v) is 7.49. The minimum absolute atomic E-state index is 0.00431. The van der Waals surface area contributed by atoms with Gasteiger partial charge in [-0.15, -0.1) is 0 Å². The van der Waals surface area contributed by atoms with Crippen LogP contribution in [-0.2, 0) is 0 Å². The molecule has 0 spiro atoms. The number of aromatic nitrogens is 1. The molecule has 0 unspecified atom stereocenters. The summed E-state index contributed by atoms with van der Waals surface area (Å²) in [6.45, 7) is 4.17. The third kappa shape index (κ3) is 3.39. The van der Waals surface area contributed by atoms with E-state index in [-0.39, 0.29) is 11.9 Å². The van der Waals surface area contributed by atoms with E-state index >= 15 is 0 Å². The average Bonchev–Trinajstić information content (AvgIpc) is 3.37. The van der Waals surface area contributed by atoms with Crippen LogP contribution >= 0.6 is 11.6 Å². The van der Waals surface area contributed by atoms with Gasteiger partial charge >= 0.3 is 0 Å². The number of hydrogen-bond acceptors (Lipinski definition) is 2. The van der Waals surface area contributed by atoms with Gasteiger partial charge in [0.2, 0.25) is 0 Å². The van der Waals surface area contributed by atoms with Crippen molar-refractivity contribution in [2.75, 3.05) is 0 Å². The van der Waals surface area contributed by atoms with E-state index in [2.05, 4.69) is 12.2 Å². The molecule has 1 N–H and O–H groups in total. The standard InChI is InChI=1S/C26H27ClN2O/c1-15-24(26(30)28-16(2)22-13-17-10-11-18(22)12-17)21-8-3-4-9-23(21)29-25(15)19-6-5-7-20(27)14-19/h3-9,14,16-18,22H,10-13H2,1-2H3,(H,28,30)/t16-,17+,18+,22+/m1/s1. The van der Waals surface area contributed by atoms with E-state index in [9.17, 15) is 4.79 Å². The second kappa shape index (κ2) is 7.70. The number of nitrogens with one attached hydrogen (secondary N) is 1. The highest BCUT2D eigenvalue weighted by Crippen LogP contribution is 2.49. The highest BCUT2D eigenvalue weighted by Gasteiger charge is 2.42. The zero-order valence-electron chi connectivity index (χ0n) is 17.5. The highest BCUT2D eigenvalue weighted by molar-refractivity contribution is 6.30. The minimum Gasteiger partial charge on any atom is -0.349 e. The predicted molar refractivity (Wildman–Crippen MR) is 123 cm³/mol. The van der Waals surface area contributed by atoms with Crippen LogP contribution in [0, 0.1) is 24.7 Å². The normalized spacial score (nSPS) is 23.6. The molecule has 0 radical (unpaired) electrons. The Balaban J connectivity index is 1.54. The van der Waals surface area contributed by atoms with Crippen molar-refractivity contribution in [2.24, 2.45) is 17.8 Å². The lowest BCUT2D eigenvalue weighted by Gasteiger charge is -2.29. The van der Waals surface area contributed by atoms with Gasteiger partial charge in [0, 0.05) is 22.0 Å². The summed E-state index contributed by atoms with van der Waals surface area (Å²) in [4.78, 5) is 18.4. The Morgan fingerprint density at radius 1 is 1.13 bits per heavy atom. The van der Waals surface area contributed by atoms with Crippen LogP contribution in [0.1, 0.15) is 48.5 Å². The van der Waals surface area contributed by atoms with Gasteiger partial charge in [-0.25, -0.2) is 4.98 Å². The lowest BCUT2D eigenvalue weighted by Crippen LogP contribution is -2.40. The van der Waals surface area contributed by atoms with Crippen LogP contribution in [0.2, 0.25) is 5.02 Å². The van der Waals surface area contributed by atoms with E-state index in [1.165, 1.54) is 25.7 Å². The van der Waals surface area contributed by atoms with Crippen LogP contribution < -0.4 is 5.32 Å². The number of carbonyl (C=O) groups excluding carboxylic acids is 1. The van der Waals surface area contributed by atoms with Crippen LogP contribution in [0.4, 0.5) is 0 Å². The molecule has 2 bridgehead atoms. The molecule has 30 heavy (non-hydrogen) atoms. The number of benzene rings is 2. The zero-order chi connectivity index (χ0) is 20.8. The van der Waals surface area contributed by atoms with Gasteiger partial charge in [-0.1, -0.05) is 48.4 Å². The molecule has 3 aromatic rings. The topological polar surface area (TPSA) is 42.0 Å². The van der Waals surface area contributed by atoms with Crippen molar-refractivity contribution in [1.29, 1.82) is 0 Å². The van der Waals surface area contributed by atoms with Gasteiger partial charge in [-0.3, -0.25) is 4.79 Å². The van der Waals surface area contributed by atoms with Crippen molar-refractivity contribution in [3.05, 3.63) is 64.7 Å². The van der Waals surface area contributed by atoms with E-state index in [1.54, 1.807) is 0 Å². The monoisotopic (exact) mass is 418 g/mol. The molecule has 1 aromatic heterocycles. The molecule has 2 aromatic carbocycles. The molecular weight excluding hydrogens is 392 g/mol. The summed E-state index contributed by atoms with van der Waals surface area (Å²) >= 11 is 6.23. The largest absolute Gasteiger partial charge is 0.349 e. The molecule has 2 aliphatic rings. The van der Waals surface area contributed by atoms with Gasteiger partial charge in [-0.05, 0) is 74.6 Å². The molecule has 2 aliphatic carbocycles. The van der Waals surface area contributed by atoms with E-state index in [0.29, 0.717) is 10.9 Å². The SMILES string of the molecule is Cc1c(-c2cccc(Cl)c2)nc2ccccc2c1C(=O)N[C@H](C)[C@@H]1C[C@H]2CC[C@H]1C2. The Labute approximate surface area is 182 Å². The lowest BCUT2D eigenvalue weighted by molar-refractivity contribution is 0.0916. The number of amides is 1. The van der Waals surface area contributed by atoms with Crippen molar-refractivity contribution in [2.45, 2.75) is 45.6 Å². The Bertz CT molecular complexity index is 1130. The summed E-state index contributed by atoms with van der Waals surface area (Å²) in [6, 6.07) is 15.8. The quantitative estimate of drug-likeness (QED) is 0.531. The second-order valence-electron chi connectivity index (χ2n) is 9.09. The molecule has 4 atom stereocenters. The number of nitrogens with zero attached hydrogens (tertiary/aromatic N) is 1. The van der Waals surface area contributed by atoms with Crippen molar-refractivity contribution < 1.29 is 4.79 Å². The van der Waals surface area contributed by atoms with Crippen LogP contribution in [-0.4, -0.2) is 16.9 Å². The zero-order valence-corrected chi connectivity index (χ0v) is 18.2. The van der Waals surface area contributed by atoms with Crippen LogP contribution in [0.25, 0.3) is 22.2 Å². The van der Waals surface area contributed by atoms with E-state index < -0.39 is 0 Å². The first-order valence-corrected chi connectivity index (χ1v) is 11.3. The number of fused-ring (bicyclic) bond motifs is 3. The Hall–Kier alpha value is -2.39. The maximum atomic E-state index is 13.5. The molecular formula is C26H27ClN2O. The molecule has 2 saturated carbocycles. The summed E-state index contributed by atoms with van der Waals surface area (Å²) < 4.78 is 0. The summed E-state index contributed by atoms with van der Waals surface area (Å²) in [5.41, 5.74) is 4.20. The molecule has 0 saturated heterocycles. The van der Waals surface area contributed by atoms with Crippen molar-refractivity contribution >= 4 is 28.4 Å². The smallest absolute Gasteiger partial charge is 0.252 e. The maximum absolute atomic E-state index is 13.5. The number of para-hydroxylation sites is 1. The number of halogens is 1. The summed E-state index contributed by atoms with van der Waals surface area (Å²) in [7, 11) is 0. The third-order valence-electron chi connectivity index (χ3n) is 7.25. The molecule has 154 valence electrons. The second-order valence-corrected chi connectivity index (χ2v) is 9.53. The van der Waals surface area contributed by atoms with Gasteiger partial charge in [0.05, 0.1) is 16.8 Å². The first-order valence-electron chi connectivity index (χ1n) is 11.0. The van der Waals surface area contributed by atoms with Gasteiger partial charge in [0.15, 0.2) is 0 Å². The number of carbonyl (C=O) groups is 1. The van der Waals surface area contributed by atoms with Gasteiger partial charge in [0.1, 0.15) is 0 Å². The van der Waals surface area contributed by atoms with Gasteiger partial charge < -0.3 is 5.32 Å². The molecule has 4 heteroatoms. The van der Waals surface area contributed by atoms with Gasteiger partial charge in [-0.2, -0.15) is 0 Å². The van der Waals surface area contributed by atoms with Crippen molar-refractivity contribution in [1.82, 2.24) is 10.3 Å². The van der Waals surface area contributed by atoms with Crippen molar-refractivity contribution in [3.8, 4) is 11.3 Å². The van der Waals surface area contributed by atoms with Crippen LogP contribution in [0.5, 0.6) is 0 Å². The van der Waals surface area contributed by atoms with Crippen molar-refractivity contribution in [3.63, 3.8) is 0 Å². The minimum atomic E-state index is 0.00431. The first-order chi connectivity index (χ1) is 14.5. The fourth-order valence-electron chi connectivity index (χ4n) is 5.81. The summed E-state index contributed by atoms with van der Waals surface area (Å²) in [6.07, 6.45) is 5.31. The van der Waals surface area contributed by atoms with E-state index in [1.807, 2.05) is 55.5 Å². The molecule has 0 aliphatic heterocycles. The predicted octanol–water partition coefficient (Wildman–Crippen LogP) is 6.42. The average molecular weight is 419 g/mol. The Morgan fingerprint density at radius 3 is 2.70 bits per heavy atom. The van der Waals surface area contributed by atoms with Crippen LogP contribution in [0.15, 0.2) is 48.5 Å². The number of pyridine rings is 1. The maximum Gasteiger partial charge on any atom is 0.252 e. The van der Waals surface area contributed by atoms with E-state index in [0.717, 1.165) is 45.1 Å². The first kappa shape index (κ1) is 19.6. The molecule has 1 heterocycles. The number of rotatable bonds is 4. The molecule has 1 amide bonds. The molecule has 5 rings (SSSR count). The summed E-state index contributed by atoms with van der Waals surface area (Å²) in [5.74, 6) is 2.26. The fourth-order valence-corrected chi connectivity index (χ4v) is 6.00. The summed E-state index contributed by atoms with van der Waals surface area (Å²) in [5, 5.41) is 4.92. The lowest BCUT2D eigenvalue weighted by atomic mass is 9.84. The Morgan fingerprint density at radius 2 is 1.97 bits per heavy atom. The van der Waals surface area contributed by atoms with Gasteiger partial charge in [0.25, 0.3) is 5.91 Å². The Kier molecular flexibility index (Phi) is 5.02.